The zero-order chi connectivity index (χ0) is 17.4. The van der Waals surface area contributed by atoms with Crippen molar-refractivity contribution >= 4 is 12.1 Å². The van der Waals surface area contributed by atoms with Gasteiger partial charge in [-0.1, -0.05) is 12.5 Å². The molecule has 0 aromatic carbocycles. The van der Waals surface area contributed by atoms with Gasteiger partial charge in [-0.2, -0.15) is 0 Å². The molecule has 136 valence electrons. The standard InChI is InChI=1S/C18H30N2O4/c1-18(2)10-6-8-15(7-4-3-5-9-16(21)24-18)23-17(22)20-13-11-19-12-14-20/h6,8,15,19H,3-5,7,9-14H2,1-2H3/b8-6-. The van der Waals surface area contributed by atoms with Gasteiger partial charge in [-0.3, -0.25) is 4.79 Å². The van der Waals surface area contributed by atoms with Gasteiger partial charge in [0, 0.05) is 39.0 Å². The summed E-state index contributed by atoms with van der Waals surface area (Å²) in [6.45, 7) is 6.83. The quantitative estimate of drug-likeness (QED) is 0.588. The normalized spacial score (nSPS) is 27.3. The molecule has 1 amide bonds. The first-order chi connectivity index (χ1) is 11.5. The fourth-order valence-corrected chi connectivity index (χ4v) is 2.94. The van der Waals surface area contributed by atoms with Crippen LogP contribution in [0.5, 0.6) is 0 Å². The van der Waals surface area contributed by atoms with Gasteiger partial charge in [-0.25, -0.2) is 4.79 Å². The first-order valence-electron chi connectivity index (χ1n) is 9.01. The van der Waals surface area contributed by atoms with Crippen LogP contribution in [0.2, 0.25) is 0 Å². The minimum Gasteiger partial charge on any atom is -0.459 e. The second kappa shape index (κ2) is 9.06. The fourth-order valence-electron chi connectivity index (χ4n) is 2.94. The number of hydrogen-bond acceptors (Lipinski definition) is 5. The van der Waals surface area contributed by atoms with Crippen molar-refractivity contribution in [2.75, 3.05) is 26.2 Å². The number of hydrogen-bond donors (Lipinski definition) is 1. The summed E-state index contributed by atoms with van der Waals surface area (Å²) >= 11 is 0. The molecule has 0 bridgehead atoms. The number of nitrogens with one attached hydrogen (secondary N) is 1. The van der Waals surface area contributed by atoms with E-state index in [1.54, 1.807) is 4.90 Å². The zero-order valence-corrected chi connectivity index (χ0v) is 14.9. The van der Waals surface area contributed by atoms with E-state index in [9.17, 15) is 9.59 Å². The third-order valence-electron chi connectivity index (χ3n) is 4.35. The average molecular weight is 338 g/mol. The zero-order valence-electron chi connectivity index (χ0n) is 14.9. The maximum atomic E-state index is 12.3. The van der Waals surface area contributed by atoms with Crippen molar-refractivity contribution in [3.8, 4) is 0 Å². The van der Waals surface area contributed by atoms with Crippen molar-refractivity contribution < 1.29 is 19.1 Å². The van der Waals surface area contributed by atoms with E-state index < -0.39 is 5.60 Å². The first kappa shape index (κ1) is 18.8. The molecule has 2 aliphatic heterocycles. The van der Waals surface area contributed by atoms with Crippen LogP contribution in [0.4, 0.5) is 4.79 Å². The first-order valence-corrected chi connectivity index (χ1v) is 9.01. The van der Waals surface area contributed by atoms with E-state index in [1.807, 2.05) is 26.0 Å². The summed E-state index contributed by atoms with van der Waals surface area (Å²) in [6, 6.07) is 0. The largest absolute Gasteiger partial charge is 0.459 e. The van der Waals surface area contributed by atoms with Crippen LogP contribution in [-0.4, -0.2) is 54.8 Å². The smallest absolute Gasteiger partial charge is 0.410 e. The number of rotatable bonds is 1. The van der Waals surface area contributed by atoms with Crippen molar-refractivity contribution in [2.45, 2.75) is 64.1 Å². The Bertz CT molecular complexity index is 456. The SMILES string of the molecule is CC1(C)C/C=C\C(OC(=O)N2CCNCC2)CCCCCC(=O)O1. The Morgan fingerprint density at radius 2 is 2.04 bits per heavy atom. The number of esters is 1. The van der Waals surface area contributed by atoms with Crippen LogP contribution in [0.25, 0.3) is 0 Å². The van der Waals surface area contributed by atoms with Crippen LogP contribution in [0.3, 0.4) is 0 Å². The summed E-state index contributed by atoms with van der Waals surface area (Å²) in [5.41, 5.74) is -0.528. The van der Waals surface area contributed by atoms with Crippen molar-refractivity contribution in [3.05, 3.63) is 12.2 Å². The van der Waals surface area contributed by atoms with Gasteiger partial charge in [0.25, 0.3) is 0 Å². The molecule has 6 nitrogen and oxygen atoms in total. The molecule has 0 saturated carbocycles. The highest BCUT2D eigenvalue weighted by molar-refractivity contribution is 5.69. The van der Waals surface area contributed by atoms with Crippen LogP contribution in [0.1, 0.15) is 52.4 Å². The molecule has 1 N–H and O–H groups in total. The summed E-state index contributed by atoms with van der Waals surface area (Å²) in [5.74, 6) is -0.129. The Balaban J connectivity index is 1.94. The number of ether oxygens (including phenoxy) is 2. The van der Waals surface area contributed by atoms with Crippen molar-refractivity contribution in [1.82, 2.24) is 10.2 Å². The van der Waals surface area contributed by atoms with Crippen LogP contribution in [-0.2, 0) is 14.3 Å². The molecule has 6 heteroatoms. The van der Waals surface area contributed by atoms with Gasteiger partial charge in [0.2, 0.25) is 0 Å². The van der Waals surface area contributed by atoms with Crippen molar-refractivity contribution in [1.29, 1.82) is 0 Å². The summed E-state index contributed by atoms with van der Waals surface area (Å²) in [5, 5.41) is 3.23. The molecular formula is C18H30N2O4. The third-order valence-corrected chi connectivity index (χ3v) is 4.35. The maximum Gasteiger partial charge on any atom is 0.410 e. The number of nitrogens with zero attached hydrogens (tertiary/aromatic N) is 1. The van der Waals surface area contributed by atoms with Crippen LogP contribution < -0.4 is 5.32 Å². The number of carbonyl (C=O) groups excluding carboxylic acids is 2. The summed E-state index contributed by atoms with van der Waals surface area (Å²) in [7, 11) is 0. The van der Waals surface area contributed by atoms with Gasteiger partial charge < -0.3 is 19.7 Å². The maximum absolute atomic E-state index is 12.3. The Labute approximate surface area is 144 Å². The van der Waals surface area contributed by atoms with Crippen LogP contribution >= 0.6 is 0 Å². The van der Waals surface area contributed by atoms with Crippen LogP contribution in [0.15, 0.2) is 12.2 Å². The molecule has 1 unspecified atom stereocenters. The number of carbonyl (C=O) groups is 2. The molecule has 0 aliphatic carbocycles. The molecule has 2 rings (SSSR count). The summed E-state index contributed by atoms with van der Waals surface area (Å²) in [6.07, 6.45) is 8.01. The van der Waals surface area contributed by atoms with E-state index in [0.717, 1.165) is 38.8 Å². The summed E-state index contributed by atoms with van der Waals surface area (Å²) in [4.78, 5) is 25.8. The van der Waals surface area contributed by atoms with Crippen molar-refractivity contribution in [2.24, 2.45) is 0 Å². The number of amides is 1. The Morgan fingerprint density at radius 1 is 1.29 bits per heavy atom. The molecule has 1 atom stereocenters. The predicted molar refractivity (Wildman–Crippen MR) is 91.7 cm³/mol. The lowest BCUT2D eigenvalue weighted by Crippen LogP contribution is -2.47. The topological polar surface area (TPSA) is 67.9 Å². The highest BCUT2D eigenvalue weighted by Crippen LogP contribution is 2.20. The van der Waals surface area contributed by atoms with Gasteiger partial charge in [-0.05, 0) is 39.2 Å². The van der Waals surface area contributed by atoms with Crippen molar-refractivity contribution in [3.63, 3.8) is 0 Å². The number of piperazine rings is 1. The lowest BCUT2D eigenvalue weighted by molar-refractivity contribution is -0.156. The highest BCUT2D eigenvalue weighted by atomic mass is 16.6. The Morgan fingerprint density at radius 3 is 2.79 bits per heavy atom. The molecule has 24 heavy (non-hydrogen) atoms. The van der Waals surface area contributed by atoms with E-state index in [1.165, 1.54) is 0 Å². The lowest BCUT2D eigenvalue weighted by atomic mass is 10.0. The lowest BCUT2D eigenvalue weighted by Gasteiger charge is -2.28. The monoisotopic (exact) mass is 338 g/mol. The van der Waals surface area contributed by atoms with Gasteiger partial charge in [0.15, 0.2) is 0 Å². The minimum absolute atomic E-state index is 0.129. The van der Waals surface area contributed by atoms with Gasteiger partial charge in [0.05, 0.1) is 0 Å². The molecule has 0 aromatic heterocycles. The van der Waals surface area contributed by atoms with E-state index >= 15 is 0 Å². The molecule has 2 heterocycles. The number of cyclic esters (lactones) is 1. The molecule has 1 fully saturated rings. The fraction of sp³-hybridized carbons (Fsp3) is 0.778. The molecule has 0 aromatic rings. The second-order valence-electron chi connectivity index (χ2n) is 7.12. The summed E-state index contributed by atoms with van der Waals surface area (Å²) < 4.78 is 11.2. The van der Waals surface area contributed by atoms with Gasteiger partial charge in [0.1, 0.15) is 11.7 Å². The Kier molecular flexibility index (Phi) is 7.09. The molecular weight excluding hydrogens is 308 g/mol. The van der Waals surface area contributed by atoms with E-state index in [0.29, 0.717) is 25.9 Å². The Hall–Kier alpha value is -1.56. The molecule has 2 aliphatic rings. The second-order valence-corrected chi connectivity index (χ2v) is 7.12. The molecule has 0 spiro atoms. The molecule has 0 radical (unpaired) electrons. The van der Waals surface area contributed by atoms with Gasteiger partial charge in [-0.15, -0.1) is 0 Å². The predicted octanol–water partition coefficient (Wildman–Crippen LogP) is 2.63. The third kappa shape index (κ3) is 6.51. The van der Waals surface area contributed by atoms with E-state index in [2.05, 4.69) is 5.32 Å². The highest BCUT2D eigenvalue weighted by Gasteiger charge is 2.23. The van der Waals surface area contributed by atoms with Gasteiger partial charge >= 0.3 is 12.1 Å². The van der Waals surface area contributed by atoms with E-state index in [4.69, 9.17) is 9.47 Å². The minimum atomic E-state index is -0.528. The molecule has 1 saturated heterocycles. The van der Waals surface area contributed by atoms with Crippen LogP contribution in [0, 0.1) is 0 Å². The van der Waals surface area contributed by atoms with E-state index in [-0.39, 0.29) is 18.2 Å². The average Bonchev–Trinajstić information content (AvgIpc) is 2.53.